The fraction of sp³-hybridized carbons (Fsp3) is 0.176. The van der Waals surface area contributed by atoms with Gasteiger partial charge in [0.05, 0.1) is 17.0 Å². The standard InChI is InChI=1S/C17H12F5NO3S/c18-13-5-8-16(15(19)11-13)26-10-2-1-9-23-27(24,25)14-6-3-12(4-7-14)17(20,21)22/h3-8,11,23H,9-10H2. The van der Waals surface area contributed by atoms with Crippen LogP contribution < -0.4 is 9.46 Å². The predicted octanol–water partition coefficient (Wildman–Crippen LogP) is 3.34. The van der Waals surface area contributed by atoms with E-state index in [0.29, 0.717) is 18.2 Å². The molecule has 0 unspecified atom stereocenters. The SMILES string of the molecule is O=S(=O)(NCC#CCOc1ccc(F)cc1F)c1ccc(C(F)(F)F)cc1. The zero-order valence-electron chi connectivity index (χ0n) is 13.5. The summed E-state index contributed by atoms with van der Waals surface area (Å²) in [7, 11) is -4.04. The Morgan fingerprint density at radius 2 is 1.67 bits per heavy atom. The molecule has 2 aromatic carbocycles. The molecule has 0 aromatic heterocycles. The third-order valence-electron chi connectivity index (χ3n) is 3.16. The summed E-state index contributed by atoms with van der Waals surface area (Å²) in [5, 5.41) is 0. The van der Waals surface area contributed by atoms with Crippen LogP contribution in [-0.4, -0.2) is 21.6 Å². The van der Waals surface area contributed by atoms with E-state index >= 15 is 0 Å². The molecule has 0 atom stereocenters. The summed E-state index contributed by atoms with van der Waals surface area (Å²) in [5.41, 5.74) is -0.966. The largest absolute Gasteiger partial charge is 0.478 e. The molecular weight excluding hydrogens is 393 g/mol. The van der Waals surface area contributed by atoms with Crippen LogP contribution >= 0.6 is 0 Å². The third-order valence-corrected chi connectivity index (χ3v) is 4.58. The van der Waals surface area contributed by atoms with E-state index in [2.05, 4.69) is 16.6 Å². The summed E-state index contributed by atoms with van der Waals surface area (Å²) >= 11 is 0. The van der Waals surface area contributed by atoms with Crippen molar-refractivity contribution < 1.29 is 35.1 Å². The Morgan fingerprint density at radius 1 is 1.00 bits per heavy atom. The fourth-order valence-corrected chi connectivity index (χ4v) is 2.78. The Hall–Kier alpha value is -2.64. The first kappa shape index (κ1) is 20.7. The van der Waals surface area contributed by atoms with Crippen LogP contribution in [0, 0.1) is 23.5 Å². The molecule has 2 rings (SSSR count). The maximum Gasteiger partial charge on any atom is 0.416 e. The topological polar surface area (TPSA) is 55.4 Å². The van der Waals surface area contributed by atoms with Crippen LogP contribution in [0.15, 0.2) is 47.4 Å². The molecule has 2 aromatic rings. The third kappa shape index (κ3) is 5.94. The van der Waals surface area contributed by atoms with E-state index in [1.165, 1.54) is 0 Å². The molecule has 27 heavy (non-hydrogen) atoms. The van der Waals surface area contributed by atoms with Crippen LogP contribution in [0.3, 0.4) is 0 Å². The van der Waals surface area contributed by atoms with Crippen molar-refractivity contribution in [3.05, 3.63) is 59.7 Å². The van der Waals surface area contributed by atoms with E-state index in [-0.39, 0.29) is 23.8 Å². The summed E-state index contributed by atoms with van der Waals surface area (Å²) in [5.74, 6) is 2.95. The van der Waals surface area contributed by atoms with Crippen molar-refractivity contribution in [2.45, 2.75) is 11.1 Å². The van der Waals surface area contributed by atoms with Crippen molar-refractivity contribution in [2.75, 3.05) is 13.2 Å². The highest BCUT2D eigenvalue weighted by atomic mass is 32.2. The molecule has 144 valence electrons. The molecule has 0 aliphatic carbocycles. The number of sulfonamides is 1. The van der Waals surface area contributed by atoms with Gasteiger partial charge in [0.2, 0.25) is 10.0 Å². The molecule has 0 fully saturated rings. The second-order valence-electron chi connectivity index (χ2n) is 5.06. The quantitative estimate of drug-likeness (QED) is 0.613. The number of rotatable bonds is 5. The van der Waals surface area contributed by atoms with Crippen molar-refractivity contribution in [2.24, 2.45) is 0 Å². The minimum atomic E-state index is -4.56. The highest BCUT2D eigenvalue weighted by Gasteiger charge is 2.30. The zero-order valence-corrected chi connectivity index (χ0v) is 14.3. The number of benzene rings is 2. The van der Waals surface area contributed by atoms with Crippen LogP contribution in [0.2, 0.25) is 0 Å². The monoisotopic (exact) mass is 405 g/mol. The molecule has 0 saturated carbocycles. The van der Waals surface area contributed by atoms with E-state index in [9.17, 15) is 30.4 Å². The number of nitrogens with one attached hydrogen (secondary N) is 1. The van der Waals surface area contributed by atoms with Crippen LogP contribution in [0.4, 0.5) is 22.0 Å². The second kappa shape index (κ2) is 8.37. The van der Waals surface area contributed by atoms with Crippen LogP contribution in [0.25, 0.3) is 0 Å². The van der Waals surface area contributed by atoms with Gasteiger partial charge in [0, 0.05) is 6.07 Å². The van der Waals surface area contributed by atoms with Gasteiger partial charge in [-0.1, -0.05) is 11.8 Å². The van der Waals surface area contributed by atoms with Gasteiger partial charge in [-0.2, -0.15) is 17.9 Å². The lowest BCUT2D eigenvalue weighted by Gasteiger charge is -2.08. The Bertz CT molecular complexity index is 961. The van der Waals surface area contributed by atoms with Gasteiger partial charge in [0.15, 0.2) is 11.6 Å². The summed E-state index contributed by atoms with van der Waals surface area (Å²) in [6.07, 6.45) is -4.56. The van der Waals surface area contributed by atoms with Crippen molar-refractivity contribution in [3.63, 3.8) is 0 Å². The molecule has 10 heteroatoms. The molecule has 4 nitrogen and oxygen atoms in total. The summed E-state index contributed by atoms with van der Waals surface area (Å²) in [6.45, 7) is -0.608. The van der Waals surface area contributed by atoms with Crippen molar-refractivity contribution in [1.29, 1.82) is 0 Å². The van der Waals surface area contributed by atoms with Gasteiger partial charge in [-0.05, 0) is 36.4 Å². The summed E-state index contributed by atoms with van der Waals surface area (Å²) < 4.78 is 94.4. The minimum Gasteiger partial charge on any atom is -0.478 e. The van der Waals surface area contributed by atoms with Gasteiger partial charge in [-0.15, -0.1) is 0 Å². The first-order valence-electron chi connectivity index (χ1n) is 7.30. The Morgan fingerprint density at radius 3 is 2.26 bits per heavy atom. The fourth-order valence-electron chi connectivity index (χ4n) is 1.86. The van der Waals surface area contributed by atoms with E-state index in [1.807, 2.05) is 0 Å². The Labute approximate surface area is 152 Å². The zero-order chi connectivity index (χ0) is 20.1. The minimum absolute atomic E-state index is 0.212. The van der Waals surface area contributed by atoms with Crippen molar-refractivity contribution >= 4 is 10.0 Å². The number of hydrogen-bond acceptors (Lipinski definition) is 3. The van der Waals surface area contributed by atoms with Crippen molar-refractivity contribution in [3.8, 4) is 17.6 Å². The van der Waals surface area contributed by atoms with Gasteiger partial charge in [-0.25, -0.2) is 17.2 Å². The normalized spacial score (nSPS) is 11.6. The first-order valence-corrected chi connectivity index (χ1v) is 8.78. The van der Waals surface area contributed by atoms with E-state index in [4.69, 9.17) is 4.74 Å². The lowest BCUT2D eigenvalue weighted by molar-refractivity contribution is -0.137. The maximum atomic E-state index is 13.3. The average molecular weight is 405 g/mol. The molecule has 0 amide bonds. The van der Waals surface area contributed by atoms with Gasteiger partial charge in [-0.3, -0.25) is 0 Å². The van der Waals surface area contributed by atoms with E-state index in [1.54, 1.807) is 0 Å². The lowest BCUT2D eigenvalue weighted by Crippen LogP contribution is -2.24. The molecular formula is C17H12F5NO3S. The van der Waals surface area contributed by atoms with Crippen LogP contribution in [0.1, 0.15) is 5.56 Å². The molecule has 0 heterocycles. The number of ether oxygens (including phenoxy) is 1. The number of halogens is 5. The van der Waals surface area contributed by atoms with Gasteiger partial charge >= 0.3 is 6.18 Å². The Balaban J connectivity index is 1.88. The summed E-state index contributed by atoms with van der Waals surface area (Å²) in [4.78, 5) is -0.345. The van der Waals surface area contributed by atoms with Crippen LogP contribution in [0.5, 0.6) is 5.75 Å². The summed E-state index contributed by atoms with van der Waals surface area (Å²) in [6, 6.07) is 5.71. The lowest BCUT2D eigenvalue weighted by atomic mass is 10.2. The molecule has 0 radical (unpaired) electrons. The number of alkyl halides is 3. The highest BCUT2D eigenvalue weighted by molar-refractivity contribution is 7.89. The maximum absolute atomic E-state index is 13.3. The smallest absolute Gasteiger partial charge is 0.416 e. The van der Waals surface area contributed by atoms with Crippen molar-refractivity contribution in [1.82, 2.24) is 4.72 Å². The second-order valence-corrected chi connectivity index (χ2v) is 6.83. The average Bonchev–Trinajstić information content (AvgIpc) is 2.59. The molecule has 0 aliphatic rings. The predicted molar refractivity (Wildman–Crippen MR) is 86.3 cm³/mol. The molecule has 0 bridgehead atoms. The number of hydrogen-bond donors (Lipinski definition) is 1. The molecule has 0 saturated heterocycles. The van der Waals surface area contributed by atoms with Gasteiger partial charge < -0.3 is 4.74 Å². The van der Waals surface area contributed by atoms with E-state index < -0.39 is 33.4 Å². The highest BCUT2D eigenvalue weighted by Crippen LogP contribution is 2.29. The first-order chi connectivity index (χ1) is 12.6. The van der Waals surface area contributed by atoms with Gasteiger partial charge in [0.25, 0.3) is 0 Å². The van der Waals surface area contributed by atoms with E-state index in [0.717, 1.165) is 24.3 Å². The molecule has 1 N–H and O–H groups in total. The van der Waals surface area contributed by atoms with Crippen LogP contribution in [-0.2, 0) is 16.2 Å². The Kier molecular flexibility index (Phi) is 6.41. The van der Waals surface area contributed by atoms with Gasteiger partial charge in [0.1, 0.15) is 12.4 Å². The molecule has 0 spiro atoms. The molecule has 0 aliphatic heterocycles.